The van der Waals surface area contributed by atoms with Gasteiger partial charge in [-0.3, -0.25) is 0 Å². The largest absolute Gasteiger partial charge is 0.478 e. The number of carboxylic acids is 1. The van der Waals surface area contributed by atoms with Crippen LogP contribution in [0, 0.1) is 5.82 Å². The number of hydrogen-bond acceptors (Lipinski definition) is 1. The molecule has 0 atom stereocenters. The first kappa shape index (κ1) is 19.0. The molecular weight excluding hydrogens is 389 g/mol. The Hall–Kier alpha value is -3.37. The monoisotopic (exact) mass is 405 g/mol. The number of hydrogen-bond donors (Lipinski definition) is 1. The summed E-state index contributed by atoms with van der Waals surface area (Å²) in [6.45, 7) is 0.596. The Bertz CT molecular complexity index is 1210. The first-order valence-corrected chi connectivity index (χ1v) is 9.42. The van der Waals surface area contributed by atoms with Gasteiger partial charge in [-0.15, -0.1) is 0 Å². The van der Waals surface area contributed by atoms with E-state index in [-0.39, 0.29) is 11.4 Å². The molecule has 0 saturated carbocycles. The summed E-state index contributed by atoms with van der Waals surface area (Å²) in [6.07, 6.45) is 5.97. The van der Waals surface area contributed by atoms with Gasteiger partial charge >= 0.3 is 5.97 Å². The molecule has 1 N–H and O–H groups in total. The summed E-state index contributed by atoms with van der Waals surface area (Å²) in [5, 5.41) is 10.7. The van der Waals surface area contributed by atoms with E-state index in [0.717, 1.165) is 27.6 Å². The Morgan fingerprint density at radius 2 is 1.72 bits per heavy atom. The van der Waals surface area contributed by atoms with E-state index in [1.807, 2.05) is 36.5 Å². The molecule has 3 nitrogen and oxygen atoms in total. The lowest BCUT2D eigenvalue weighted by Gasteiger charge is -2.06. The molecule has 0 bridgehead atoms. The van der Waals surface area contributed by atoms with Crippen molar-refractivity contribution in [3.8, 4) is 0 Å². The number of halogens is 2. The predicted octanol–water partition coefficient (Wildman–Crippen LogP) is 6.35. The quantitative estimate of drug-likeness (QED) is 0.420. The van der Waals surface area contributed by atoms with Crippen molar-refractivity contribution in [2.45, 2.75) is 6.54 Å². The van der Waals surface area contributed by atoms with Crippen molar-refractivity contribution in [1.29, 1.82) is 0 Å². The van der Waals surface area contributed by atoms with Gasteiger partial charge in [-0.25, -0.2) is 9.18 Å². The molecule has 4 rings (SSSR count). The predicted molar refractivity (Wildman–Crippen MR) is 115 cm³/mol. The van der Waals surface area contributed by atoms with Gasteiger partial charge in [0.25, 0.3) is 0 Å². The highest BCUT2D eigenvalue weighted by atomic mass is 35.5. The second-order valence-corrected chi connectivity index (χ2v) is 7.20. The second-order valence-electron chi connectivity index (χ2n) is 6.76. The summed E-state index contributed by atoms with van der Waals surface area (Å²) in [4.78, 5) is 11.0. The average Bonchev–Trinajstić information content (AvgIpc) is 3.05. The van der Waals surface area contributed by atoms with Gasteiger partial charge in [-0.1, -0.05) is 54.1 Å². The van der Waals surface area contributed by atoms with Crippen LogP contribution in [0.3, 0.4) is 0 Å². The molecule has 0 amide bonds. The van der Waals surface area contributed by atoms with E-state index in [2.05, 4.69) is 4.57 Å². The van der Waals surface area contributed by atoms with Gasteiger partial charge in [0.15, 0.2) is 0 Å². The molecule has 29 heavy (non-hydrogen) atoms. The van der Waals surface area contributed by atoms with Gasteiger partial charge in [0.2, 0.25) is 0 Å². The van der Waals surface area contributed by atoms with Gasteiger partial charge in [0.05, 0.1) is 11.1 Å². The van der Waals surface area contributed by atoms with Gasteiger partial charge in [0, 0.05) is 28.7 Å². The molecule has 0 unspecified atom stereocenters. The standard InChI is InChI=1S/C24H17ClFNO2/c25-20-9-12-22-19(8-3-16-1-6-18(7-2-16)24(28)29)15-27(23(22)13-20)14-17-4-10-21(26)11-5-17/h1-13,15H,14H2,(H,28,29)/b8-3+. The number of fused-ring (bicyclic) bond motifs is 1. The maximum absolute atomic E-state index is 13.2. The Kier molecular flexibility index (Phi) is 5.19. The molecule has 0 radical (unpaired) electrons. The minimum atomic E-state index is -0.943. The minimum absolute atomic E-state index is 0.257. The van der Waals surface area contributed by atoms with Crippen molar-refractivity contribution in [3.63, 3.8) is 0 Å². The number of aromatic carboxylic acids is 1. The molecule has 1 heterocycles. The van der Waals surface area contributed by atoms with E-state index in [4.69, 9.17) is 16.7 Å². The first-order valence-electron chi connectivity index (χ1n) is 9.04. The summed E-state index contributed by atoms with van der Waals surface area (Å²) in [5.74, 6) is -1.20. The maximum atomic E-state index is 13.2. The summed E-state index contributed by atoms with van der Waals surface area (Å²) < 4.78 is 15.3. The molecule has 0 aliphatic heterocycles. The van der Waals surface area contributed by atoms with Crippen LogP contribution in [0.1, 0.15) is 27.0 Å². The molecule has 1 aromatic heterocycles. The number of carboxylic acid groups (broad SMARTS) is 1. The molecule has 0 aliphatic carbocycles. The number of rotatable bonds is 5. The molecule has 3 aromatic carbocycles. The van der Waals surface area contributed by atoms with Crippen LogP contribution >= 0.6 is 11.6 Å². The Labute approximate surface area is 172 Å². The van der Waals surface area contributed by atoms with E-state index < -0.39 is 5.97 Å². The summed E-state index contributed by atoms with van der Waals surface area (Å²) in [5.41, 5.74) is 4.16. The molecule has 5 heteroatoms. The molecular formula is C24H17ClFNO2. The van der Waals surface area contributed by atoms with E-state index >= 15 is 0 Å². The summed E-state index contributed by atoms with van der Waals surface area (Å²) >= 11 is 6.21. The highest BCUT2D eigenvalue weighted by molar-refractivity contribution is 6.31. The lowest BCUT2D eigenvalue weighted by Crippen LogP contribution is -1.97. The minimum Gasteiger partial charge on any atom is -0.478 e. The molecule has 0 fully saturated rings. The smallest absolute Gasteiger partial charge is 0.335 e. The van der Waals surface area contributed by atoms with Crippen molar-refractivity contribution in [2.75, 3.05) is 0 Å². The van der Waals surface area contributed by atoms with Crippen molar-refractivity contribution < 1.29 is 14.3 Å². The molecule has 0 saturated heterocycles. The van der Waals surface area contributed by atoms with Crippen LogP contribution in [-0.2, 0) is 6.54 Å². The van der Waals surface area contributed by atoms with Crippen LogP contribution in [0.5, 0.6) is 0 Å². The molecule has 0 spiro atoms. The number of nitrogens with zero attached hydrogens (tertiary/aromatic N) is 1. The van der Waals surface area contributed by atoms with Crippen LogP contribution < -0.4 is 0 Å². The zero-order valence-corrected chi connectivity index (χ0v) is 16.1. The van der Waals surface area contributed by atoms with Gasteiger partial charge < -0.3 is 9.67 Å². The molecule has 4 aromatic rings. The third-order valence-electron chi connectivity index (χ3n) is 4.75. The highest BCUT2D eigenvalue weighted by Gasteiger charge is 2.08. The number of benzene rings is 3. The molecule has 144 valence electrons. The average molecular weight is 406 g/mol. The third-order valence-corrected chi connectivity index (χ3v) is 4.99. The molecule has 0 aliphatic rings. The topological polar surface area (TPSA) is 42.2 Å². The SMILES string of the molecule is O=C(O)c1ccc(/C=C/c2cn(Cc3ccc(F)cc3)c3cc(Cl)ccc23)cc1. The number of aromatic nitrogens is 1. The van der Waals surface area contributed by atoms with Crippen LogP contribution in [0.4, 0.5) is 4.39 Å². The third kappa shape index (κ3) is 4.23. The normalized spacial score (nSPS) is 11.4. The van der Waals surface area contributed by atoms with Crippen LogP contribution in [0.25, 0.3) is 23.1 Å². The second kappa shape index (κ2) is 7.94. The van der Waals surface area contributed by atoms with Crippen molar-refractivity contribution >= 4 is 40.6 Å². The fraction of sp³-hybridized carbons (Fsp3) is 0.0417. The Morgan fingerprint density at radius 3 is 2.41 bits per heavy atom. The van der Waals surface area contributed by atoms with Crippen LogP contribution in [0.2, 0.25) is 5.02 Å². The lowest BCUT2D eigenvalue weighted by molar-refractivity contribution is 0.0697. The zero-order valence-electron chi connectivity index (χ0n) is 15.3. The fourth-order valence-corrected chi connectivity index (χ4v) is 3.43. The zero-order chi connectivity index (χ0) is 20.4. The summed E-state index contributed by atoms with van der Waals surface area (Å²) in [7, 11) is 0. The summed E-state index contributed by atoms with van der Waals surface area (Å²) in [6, 6.07) is 18.9. The lowest BCUT2D eigenvalue weighted by atomic mass is 10.1. The van der Waals surface area contributed by atoms with Crippen LogP contribution in [-0.4, -0.2) is 15.6 Å². The van der Waals surface area contributed by atoms with E-state index in [1.165, 1.54) is 12.1 Å². The van der Waals surface area contributed by atoms with E-state index in [1.54, 1.807) is 36.4 Å². The van der Waals surface area contributed by atoms with E-state index in [9.17, 15) is 9.18 Å². The van der Waals surface area contributed by atoms with Crippen molar-refractivity contribution in [3.05, 3.63) is 106 Å². The Balaban J connectivity index is 1.68. The van der Waals surface area contributed by atoms with Gasteiger partial charge in [-0.05, 0) is 47.5 Å². The van der Waals surface area contributed by atoms with Crippen LogP contribution in [0.15, 0.2) is 72.9 Å². The van der Waals surface area contributed by atoms with Crippen molar-refractivity contribution in [1.82, 2.24) is 4.57 Å². The van der Waals surface area contributed by atoms with Gasteiger partial charge in [0.1, 0.15) is 5.82 Å². The number of carbonyl (C=O) groups is 1. The first-order chi connectivity index (χ1) is 14.0. The van der Waals surface area contributed by atoms with Gasteiger partial charge in [-0.2, -0.15) is 0 Å². The maximum Gasteiger partial charge on any atom is 0.335 e. The van der Waals surface area contributed by atoms with E-state index in [0.29, 0.717) is 11.6 Å². The van der Waals surface area contributed by atoms with Crippen molar-refractivity contribution in [2.24, 2.45) is 0 Å². The Morgan fingerprint density at radius 1 is 1.00 bits per heavy atom. The highest BCUT2D eigenvalue weighted by Crippen LogP contribution is 2.27. The fourth-order valence-electron chi connectivity index (χ4n) is 3.27.